The number of benzene rings is 1. The number of carbonyl (C=O) groups is 1. The van der Waals surface area contributed by atoms with Crippen LogP contribution in [-0.2, 0) is 14.9 Å². The number of carbonyl (C=O) groups excluding carboxylic acids is 1. The topological polar surface area (TPSA) is 104 Å². The van der Waals surface area contributed by atoms with Gasteiger partial charge in [-0.15, -0.1) is 0 Å². The molecule has 1 rings (SSSR count). The molecule has 8 heteroatoms. The summed E-state index contributed by atoms with van der Waals surface area (Å²) in [6.07, 6.45) is 0. The minimum atomic E-state index is -4.78. The van der Waals surface area contributed by atoms with Gasteiger partial charge in [-0.3, -0.25) is 4.79 Å². The number of aromatic hydroxyl groups is 1. The second-order valence-corrected chi connectivity index (χ2v) is 4.03. The Balaban J connectivity index is 0.00000225. The molecule has 0 aliphatic rings. The summed E-state index contributed by atoms with van der Waals surface area (Å²) in [5.74, 6) is -1.45. The molecule has 0 aromatic heterocycles. The second-order valence-electron chi connectivity index (χ2n) is 2.68. The second kappa shape index (κ2) is 6.10. The molecule has 0 fully saturated rings. The number of hydrogen-bond donors (Lipinski definition) is 1. The molecule has 6 nitrogen and oxygen atoms in total. The van der Waals surface area contributed by atoms with E-state index < -0.39 is 26.7 Å². The molecule has 0 aliphatic heterocycles. The van der Waals surface area contributed by atoms with Gasteiger partial charge in [-0.25, -0.2) is 8.42 Å². The van der Waals surface area contributed by atoms with Crippen LogP contribution in [0.5, 0.6) is 11.5 Å². The first-order chi connectivity index (χ1) is 6.80. The molecule has 1 aromatic carbocycles. The molecule has 0 bridgehead atoms. The van der Waals surface area contributed by atoms with Crippen molar-refractivity contribution >= 4 is 16.1 Å². The third-order valence-corrected chi connectivity index (χ3v) is 2.33. The molecule has 82 valence electrons. The Kier molecular flexibility index (Phi) is 6.11. The molecule has 0 saturated heterocycles. The van der Waals surface area contributed by atoms with Gasteiger partial charge in [0, 0.05) is 13.0 Å². The molecule has 0 unspecified atom stereocenters. The molecule has 16 heavy (non-hydrogen) atoms. The van der Waals surface area contributed by atoms with Crippen LogP contribution >= 0.6 is 0 Å². The van der Waals surface area contributed by atoms with Gasteiger partial charge in [0.05, 0.1) is 4.90 Å². The largest absolute Gasteiger partial charge is 1.00 e. The minimum absolute atomic E-state index is 0. The van der Waals surface area contributed by atoms with E-state index in [-0.39, 0.29) is 57.1 Å². The Hall–Kier alpha value is 0.0364. The molecule has 0 radical (unpaired) electrons. The van der Waals surface area contributed by atoms with Crippen molar-refractivity contribution in [1.29, 1.82) is 0 Å². The Morgan fingerprint density at radius 3 is 2.44 bits per heavy atom. The SMILES string of the molecule is CC(=O)Oc1ccc(O)c(S(=O)(=O)[O-])c1.[K+]. The Morgan fingerprint density at radius 1 is 1.44 bits per heavy atom. The van der Waals surface area contributed by atoms with Gasteiger partial charge in [0.15, 0.2) is 0 Å². The van der Waals surface area contributed by atoms with Crippen LogP contribution < -0.4 is 56.1 Å². The van der Waals surface area contributed by atoms with Crippen molar-refractivity contribution in [3.8, 4) is 11.5 Å². The molecular weight excluding hydrogens is 263 g/mol. The third kappa shape index (κ3) is 4.50. The predicted octanol–water partition coefficient (Wildman–Crippen LogP) is -2.77. The number of hydrogen-bond acceptors (Lipinski definition) is 6. The molecule has 1 aromatic rings. The average molecular weight is 270 g/mol. The van der Waals surface area contributed by atoms with E-state index in [0.29, 0.717) is 0 Å². The predicted molar refractivity (Wildman–Crippen MR) is 47.4 cm³/mol. The fourth-order valence-electron chi connectivity index (χ4n) is 0.924. The van der Waals surface area contributed by atoms with E-state index in [9.17, 15) is 17.8 Å². The van der Waals surface area contributed by atoms with Gasteiger partial charge in [-0.05, 0) is 12.1 Å². The van der Waals surface area contributed by atoms with Crippen molar-refractivity contribution < 1.29 is 79.0 Å². The van der Waals surface area contributed by atoms with Crippen LogP contribution in [0.1, 0.15) is 6.92 Å². The number of phenols is 1. The molecule has 0 atom stereocenters. The monoisotopic (exact) mass is 270 g/mol. The Morgan fingerprint density at radius 2 is 2.00 bits per heavy atom. The number of ether oxygens (including phenoxy) is 1. The number of rotatable bonds is 2. The summed E-state index contributed by atoms with van der Waals surface area (Å²) in [5.41, 5.74) is 0. The molecule has 1 N–H and O–H groups in total. The van der Waals surface area contributed by atoms with Crippen molar-refractivity contribution in [3.63, 3.8) is 0 Å². The summed E-state index contributed by atoms with van der Waals surface area (Å²) < 4.78 is 36.5. The summed E-state index contributed by atoms with van der Waals surface area (Å²) >= 11 is 0. The van der Waals surface area contributed by atoms with E-state index in [1.54, 1.807) is 0 Å². The van der Waals surface area contributed by atoms with E-state index in [2.05, 4.69) is 4.74 Å². The molecule has 0 spiro atoms. The van der Waals surface area contributed by atoms with Crippen LogP contribution in [0.2, 0.25) is 0 Å². The maximum Gasteiger partial charge on any atom is 1.00 e. The van der Waals surface area contributed by atoms with Gasteiger partial charge >= 0.3 is 57.4 Å². The zero-order valence-corrected chi connectivity index (χ0v) is 12.6. The zero-order valence-electron chi connectivity index (χ0n) is 8.63. The first-order valence-corrected chi connectivity index (χ1v) is 5.19. The number of esters is 1. The molecule has 0 amide bonds. The van der Waals surface area contributed by atoms with Gasteiger partial charge in [-0.2, -0.15) is 0 Å². The maximum absolute atomic E-state index is 10.6. The van der Waals surface area contributed by atoms with Gasteiger partial charge in [0.25, 0.3) is 0 Å². The minimum Gasteiger partial charge on any atom is -0.744 e. The van der Waals surface area contributed by atoms with Gasteiger partial charge in [0.1, 0.15) is 21.6 Å². The van der Waals surface area contributed by atoms with E-state index in [1.165, 1.54) is 6.07 Å². The standard InChI is InChI=1S/C8H8O6S.K/c1-5(9)14-6-2-3-7(10)8(4-6)15(11,12)13;/h2-4,10H,1H3,(H,11,12,13);/q;+1/p-1. The quantitative estimate of drug-likeness (QED) is 0.270. The zero-order chi connectivity index (χ0) is 11.6. The van der Waals surface area contributed by atoms with E-state index in [1.807, 2.05) is 0 Å². The van der Waals surface area contributed by atoms with Crippen molar-refractivity contribution in [1.82, 2.24) is 0 Å². The fourth-order valence-corrected chi connectivity index (χ4v) is 1.51. The van der Waals surface area contributed by atoms with Crippen LogP contribution in [0.3, 0.4) is 0 Å². The van der Waals surface area contributed by atoms with Crippen LogP contribution in [0.4, 0.5) is 0 Å². The van der Waals surface area contributed by atoms with E-state index >= 15 is 0 Å². The normalized spacial score (nSPS) is 10.4. The fraction of sp³-hybridized carbons (Fsp3) is 0.125. The summed E-state index contributed by atoms with van der Waals surface area (Å²) in [5, 5.41) is 9.09. The molecule has 0 saturated carbocycles. The van der Waals surface area contributed by atoms with Crippen LogP contribution in [0.15, 0.2) is 23.1 Å². The Labute approximate surface area is 135 Å². The molecule has 0 aliphatic carbocycles. The number of phenolic OH excluding ortho intramolecular Hbond substituents is 1. The maximum atomic E-state index is 10.6. The van der Waals surface area contributed by atoms with Crippen molar-refractivity contribution in [2.24, 2.45) is 0 Å². The van der Waals surface area contributed by atoms with Crippen LogP contribution in [0, 0.1) is 0 Å². The summed E-state index contributed by atoms with van der Waals surface area (Å²) in [6.45, 7) is 1.12. The average Bonchev–Trinajstić information content (AvgIpc) is 2.05. The summed E-state index contributed by atoms with van der Waals surface area (Å²) in [6, 6.07) is 2.92. The first-order valence-electron chi connectivity index (χ1n) is 3.78. The van der Waals surface area contributed by atoms with Crippen molar-refractivity contribution in [3.05, 3.63) is 18.2 Å². The van der Waals surface area contributed by atoms with Gasteiger partial charge < -0.3 is 14.4 Å². The molecular formula is C8H7KO6S. The van der Waals surface area contributed by atoms with Crippen molar-refractivity contribution in [2.45, 2.75) is 11.8 Å². The summed E-state index contributed by atoms with van der Waals surface area (Å²) in [7, 11) is -4.78. The van der Waals surface area contributed by atoms with Crippen LogP contribution in [0.25, 0.3) is 0 Å². The Bertz CT molecular complexity index is 495. The van der Waals surface area contributed by atoms with E-state index in [4.69, 9.17) is 5.11 Å². The third-order valence-electron chi connectivity index (χ3n) is 1.46. The van der Waals surface area contributed by atoms with E-state index in [0.717, 1.165) is 19.1 Å². The van der Waals surface area contributed by atoms with Gasteiger partial charge in [0.2, 0.25) is 0 Å². The first kappa shape index (κ1) is 16.0. The van der Waals surface area contributed by atoms with Crippen molar-refractivity contribution in [2.75, 3.05) is 0 Å². The van der Waals surface area contributed by atoms with Gasteiger partial charge in [-0.1, -0.05) is 0 Å². The van der Waals surface area contributed by atoms with Crippen LogP contribution in [-0.4, -0.2) is 24.0 Å². The smallest absolute Gasteiger partial charge is 0.744 e. The summed E-state index contributed by atoms with van der Waals surface area (Å²) in [4.78, 5) is 9.73. The molecule has 0 heterocycles.